The Kier molecular flexibility index (Phi) is 62.0. The van der Waals surface area contributed by atoms with Gasteiger partial charge in [0.25, 0.3) is 0 Å². The second-order valence-corrected chi connectivity index (χ2v) is 9.96. The van der Waals surface area contributed by atoms with Gasteiger partial charge in [-0.05, 0) is 11.8 Å². The van der Waals surface area contributed by atoms with E-state index in [0.29, 0.717) is 11.8 Å². The molecule has 0 unspecified atom stereocenters. The minimum absolute atomic E-state index is 0. The second kappa shape index (κ2) is 45.1. The first-order valence-electron chi connectivity index (χ1n) is 13.1. The summed E-state index contributed by atoms with van der Waals surface area (Å²) >= 11 is 9.74. The Hall–Kier alpha value is 1.50. The van der Waals surface area contributed by atoms with Crippen molar-refractivity contribution in [3.05, 3.63) is 13.8 Å². The average molecular weight is 580 g/mol. The molecule has 0 saturated carbocycles. The summed E-state index contributed by atoms with van der Waals surface area (Å²) in [5.41, 5.74) is 0. The van der Waals surface area contributed by atoms with Gasteiger partial charge in [0.2, 0.25) is 0 Å². The molecule has 0 heterocycles. The van der Waals surface area contributed by atoms with E-state index in [-0.39, 0.29) is 23.9 Å². The quantitative estimate of drug-likeness (QED) is 0.101. The van der Waals surface area contributed by atoms with Crippen molar-refractivity contribution in [1.82, 2.24) is 0 Å². The first kappa shape index (κ1) is 42.6. The molecule has 0 fully saturated rings. The van der Waals surface area contributed by atoms with Crippen LogP contribution in [-0.2, 0) is 25.3 Å². The number of rotatable bonds is 16. The molecule has 31 heavy (non-hydrogen) atoms. The van der Waals surface area contributed by atoms with Crippen LogP contribution in [-0.4, -0.2) is 35.4 Å². The minimum Gasteiger partial charge on any atom is -0.793 e. The van der Waals surface area contributed by atoms with Gasteiger partial charge < -0.3 is 25.3 Å². The Morgan fingerprint density at radius 2 is 0.613 bits per heavy atom. The standard InChI is InChI=1S/2C10H22S.2C4H9.Sn/c2*1-2-3-4-5-6-7-8-9-10-11;2*1-4(2)3;/h2*11H,2-10H2,1H3;2*4H,1H2,2-3H3;/q;;;;+2/p-2. The van der Waals surface area contributed by atoms with Crippen molar-refractivity contribution in [3.63, 3.8) is 0 Å². The minimum atomic E-state index is 0. The van der Waals surface area contributed by atoms with Gasteiger partial charge in [0, 0.05) is 0 Å². The van der Waals surface area contributed by atoms with Crippen molar-refractivity contribution in [2.75, 3.05) is 11.5 Å². The van der Waals surface area contributed by atoms with E-state index in [1.165, 1.54) is 103 Å². The van der Waals surface area contributed by atoms with Crippen LogP contribution >= 0.6 is 0 Å². The molecule has 4 radical (unpaired) electrons. The van der Waals surface area contributed by atoms with Gasteiger partial charge in [-0.25, -0.2) is 0 Å². The topological polar surface area (TPSA) is 0 Å². The molecule has 0 nitrogen and oxygen atoms in total. The number of hydrogen-bond acceptors (Lipinski definition) is 2. The van der Waals surface area contributed by atoms with E-state index >= 15 is 0 Å². The molecule has 0 rings (SSSR count). The zero-order chi connectivity index (χ0) is 23.9. The predicted octanol–water partition coefficient (Wildman–Crippen LogP) is 9.92. The summed E-state index contributed by atoms with van der Waals surface area (Å²) in [5, 5.41) is 0. The molecule has 0 N–H and O–H groups in total. The summed E-state index contributed by atoms with van der Waals surface area (Å²) in [5.74, 6) is 3.07. The third-order valence-corrected chi connectivity index (χ3v) is 4.57. The average Bonchev–Trinajstić information content (AvgIpc) is 2.66. The molecule has 0 aliphatic carbocycles. The molecule has 0 spiro atoms. The fraction of sp³-hybridized carbons (Fsp3) is 0.929. The molecule has 0 amide bonds. The molecule has 188 valence electrons. The SMILES string of the molecule is CCCCCCCCCC[S-].CCCCCCCCCC[S-].[CH2]C(C)C.[CH2]C(C)C.[Sn+2]. The van der Waals surface area contributed by atoms with Gasteiger partial charge in [-0.1, -0.05) is 158 Å². The van der Waals surface area contributed by atoms with Crippen LogP contribution in [0.3, 0.4) is 0 Å². The molecule has 0 aliphatic heterocycles. The van der Waals surface area contributed by atoms with Crippen LogP contribution in [0.2, 0.25) is 0 Å². The maximum Gasteiger partial charge on any atom is 2.00 e. The van der Waals surface area contributed by atoms with Gasteiger partial charge in [0.15, 0.2) is 0 Å². The fourth-order valence-electron chi connectivity index (χ4n) is 2.47. The molecule has 0 aromatic carbocycles. The Labute approximate surface area is 229 Å². The Morgan fingerprint density at radius 3 is 0.774 bits per heavy atom. The van der Waals surface area contributed by atoms with Crippen molar-refractivity contribution in [1.29, 1.82) is 0 Å². The van der Waals surface area contributed by atoms with Crippen LogP contribution in [0, 0.1) is 25.7 Å². The van der Waals surface area contributed by atoms with Crippen molar-refractivity contribution in [2.45, 2.75) is 144 Å². The van der Waals surface area contributed by atoms with E-state index in [4.69, 9.17) is 25.3 Å². The van der Waals surface area contributed by atoms with E-state index in [0.717, 1.165) is 11.5 Å². The summed E-state index contributed by atoms with van der Waals surface area (Å²) < 4.78 is 0. The number of unbranched alkanes of at least 4 members (excludes halogenated alkanes) is 14. The summed E-state index contributed by atoms with van der Waals surface area (Å²) in [6.45, 7) is 20.0. The molecule has 0 aliphatic rings. The van der Waals surface area contributed by atoms with Gasteiger partial charge in [-0.15, -0.1) is 0 Å². The molecule has 0 atom stereocenters. The normalized spacial score (nSPS) is 9.68. The first-order chi connectivity index (χ1) is 14.3. The van der Waals surface area contributed by atoms with E-state index in [9.17, 15) is 0 Å². The van der Waals surface area contributed by atoms with Crippen LogP contribution in [0.5, 0.6) is 0 Å². The van der Waals surface area contributed by atoms with Crippen LogP contribution in [0.4, 0.5) is 0 Å². The van der Waals surface area contributed by atoms with Crippen LogP contribution < -0.4 is 0 Å². The van der Waals surface area contributed by atoms with Crippen LogP contribution in [0.1, 0.15) is 144 Å². The zero-order valence-corrected chi connectivity index (χ0v) is 27.1. The van der Waals surface area contributed by atoms with E-state index in [1.807, 2.05) is 0 Å². The molecule has 0 aromatic rings. The summed E-state index contributed by atoms with van der Waals surface area (Å²) in [7, 11) is 0. The largest absolute Gasteiger partial charge is 2.00 e. The first-order valence-corrected chi connectivity index (χ1v) is 14.3. The molecular formula is C28H60S2Sn. The third-order valence-electron chi connectivity index (χ3n) is 4.00. The van der Waals surface area contributed by atoms with Gasteiger partial charge >= 0.3 is 23.9 Å². The van der Waals surface area contributed by atoms with E-state index in [2.05, 4.69) is 55.4 Å². The zero-order valence-electron chi connectivity index (χ0n) is 22.6. The predicted molar refractivity (Wildman–Crippen MR) is 156 cm³/mol. The van der Waals surface area contributed by atoms with Crippen molar-refractivity contribution in [3.8, 4) is 0 Å². The number of hydrogen-bond donors (Lipinski definition) is 0. The second-order valence-electron chi connectivity index (χ2n) is 9.15. The molecular weight excluding hydrogens is 519 g/mol. The monoisotopic (exact) mass is 580 g/mol. The van der Waals surface area contributed by atoms with Crippen LogP contribution in [0.25, 0.3) is 0 Å². The van der Waals surface area contributed by atoms with Gasteiger partial charge in [0.05, 0.1) is 0 Å². The van der Waals surface area contributed by atoms with Crippen molar-refractivity contribution < 1.29 is 0 Å². The Bertz CT molecular complexity index is 188. The maximum absolute atomic E-state index is 4.87. The molecule has 3 heteroatoms. The van der Waals surface area contributed by atoms with Crippen molar-refractivity contribution >= 4 is 49.2 Å². The fourth-order valence-corrected chi connectivity index (χ4v) is 2.88. The van der Waals surface area contributed by atoms with Crippen molar-refractivity contribution in [2.24, 2.45) is 11.8 Å². The summed E-state index contributed by atoms with van der Waals surface area (Å²) in [4.78, 5) is 0. The van der Waals surface area contributed by atoms with Gasteiger partial charge in [0.1, 0.15) is 0 Å². The maximum atomic E-state index is 4.87. The molecule has 0 saturated heterocycles. The Balaban J connectivity index is -0.000000106. The van der Waals surface area contributed by atoms with E-state index < -0.39 is 0 Å². The summed E-state index contributed by atoms with van der Waals surface area (Å²) in [6, 6.07) is 0. The Morgan fingerprint density at radius 1 is 0.452 bits per heavy atom. The molecule has 0 bridgehead atoms. The van der Waals surface area contributed by atoms with Gasteiger partial charge in [-0.2, -0.15) is 11.5 Å². The third kappa shape index (κ3) is 89.5. The summed E-state index contributed by atoms with van der Waals surface area (Å²) in [6.07, 6.45) is 22.2. The molecule has 0 aromatic heterocycles. The van der Waals surface area contributed by atoms with E-state index in [1.54, 1.807) is 0 Å². The van der Waals surface area contributed by atoms with Crippen LogP contribution in [0.15, 0.2) is 0 Å². The van der Waals surface area contributed by atoms with Gasteiger partial charge in [-0.3, -0.25) is 0 Å². The smallest absolute Gasteiger partial charge is 0.793 e.